The molecular formula is C27H38O5. The van der Waals surface area contributed by atoms with E-state index >= 15 is 0 Å². The van der Waals surface area contributed by atoms with E-state index in [0.717, 1.165) is 44.9 Å². The van der Waals surface area contributed by atoms with Gasteiger partial charge in [0, 0.05) is 12.3 Å². The number of allylic oxidation sites excluding steroid dienone is 3. The Bertz CT molecular complexity index is 740. The molecule has 2 N–H and O–H groups in total. The number of hydrogen-bond donors (Lipinski definition) is 2. The lowest BCUT2D eigenvalue weighted by atomic mass is 9.85. The van der Waals surface area contributed by atoms with Crippen molar-refractivity contribution < 1.29 is 24.5 Å². The normalized spacial score (nSPS) is 22.1. The second-order valence-corrected chi connectivity index (χ2v) is 8.69. The van der Waals surface area contributed by atoms with Crippen molar-refractivity contribution in [3.05, 3.63) is 60.4 Å². The fraction of sp³-hybridized carbons (Fsp3) is 0.556. The molecule has 0 aliphatic heterocycles. The molecular weight excluding hydrogens is 404 g/mol. The molecule has 0 bridgehead atoms. The summed E-state index contributed by atoms with van der Waals surface area (Å²) >= 11 is 0. The molecule has 0 amide bonds. The number of Topliss-reactive ketones (excluding diaryl/α,β-unsaturated/α-hetero) is 1. The number of hydrogen-bond acceptors (Lipinski definition) is 5. The van der Waals surface area contributed by atoms with E-state index in [2.05, 4.69) is 6.92 Å². The predicted molar refractivity (Wildman–Crippen MR) is 126 cm³/mol. The van der Waals surface area contributed by atoms with Crippen molar-refractivity contribution in [3.63, 3.8) is 0 Å². The Kier molecular flexibility index (Phi) is 12.0. The van der Waals surface area contributed by atoms with E-state index in [4.69, 9.17) is 4.74 Å². The highest BCUT2D eigenvalue weighted by atomic mass is 16.5. The average molecular weight is 443 g/mol. The number of esters is 1. The van der Waals surface area contributed by atoms with Crippen LogP contribution in [0.15, 0.2) is 54.8 Å². The Labute approximate surface area is 192 Å². The zero-order chi connectivity index (χ0) is 23.2. The van der Waals surface area contributed by atoms with E-state index < -0.39 is 12.1 Å². The van der Waals surface area contributed by atoms with Crippen LogP contribution in [0.5, 0.6) is 0 Å². The Balaban J connectivity index is 1.67. The fourth-order valence-electron chi connectivity index (χ4n) is 4.36. The number of aliphatic hydroxyl groups excluding tert-OH is 2. The first kappa shape index (κ1) is 26.0. The van der Waals surface area contributed by atoms with E-state index in [1.165, 1.54) is 6.26 Å². The molecule has 2 rings (SSSR count). The molecule has 0 saturated heterocycles. The van der Waals surface area contributed by atoms with Crippen LogP contribution in [0.3, 0.4) is 0 Å². The van der Waals surface area contributed by atoms with Gasteiger partial charge in [-0.1, -0.05) is 56.5 Å². The van der Waals surface area contributed by atoms with Crippen molar-refractivity contribution in [3.8, 4) is 0 Å². The van der Waals surface area contributed by atoms with Crippen LogP contribution in [0, 0.1) is 11.8 Å². The van der Waals surface area contributed by atoms with Gasteiger partial charge in [-0.15, -0.1) is 0 Å². The summed E-state index contributed by atoms with van der Waals surface area (Å²) in [6.45, 7) is 2.14. The molecule has 1 aromatic rings. The van der Waals surface area contributed by atoms with E-state index in [-0.39, 0.29) is 30.1 Å². The van der Waals surface area contributed by atoms with Crippen LogP contribution in [0.4, 0.5) is 0 Å². The van der Waals surface area contributed by atoms with Crippen molar-refractivity contribution >= 4 is 11.8 Å². The van der Waals surface area contributed by atoms with E-state index in [1.807, 2.05) is 18.2 Å². The van der Waals surface area contributed by atoms with Crippen LogP contribution >= 0.6 is 0 Å². The summed E-state index contributed by atoms with van der Waals surface area (Å²) in [6, 6.07) is 8.82. The molecule has 0 heterocycles. The average Bonchev–Trinajstić information content (AvgIpc) is 3.06. The number of ketones is 1. The molecule has 4 atom stereocenters. The predicted octanol–water partition coefficient (Wildman–Crippen LogP) is 5.37. The zero-order valence-electron chi connectivity index (χ0n) is 19.2. The van der Waals surface area contributed by atoms with Crippen LogP contribution in [0.1, 0.15) is 81.5 Å². The van der Waals surface area contributed by atoms with Crippen LogP contribution in [-0.4, -0.2) is 34.2 Å². The third-order valence-electron chi connectivity index (χ3n) is 6.21. The van der Waals surface area contributed by atoms with E-state index in [1.54, 1.807) is 30.3 Å². The van der Waals surface area contributed by atoms with Crippen LogP contribution in [-0.2, 0) is 9.53 Å². The molecule has 1 fully saturated rings. The van der Waals surface area contributed by atoms with E-state index in [0.29, 0.717) is 18.4 Å². The van der Waals surface area contributed by atoms with Crippen molar-refractivity contribution in [2.75, 3.05) is 0 Å². The number of benzene rings is 1. The van der Waals surface area contributed by atoms with Crippen molar-refractivity contribution in [1.29, 1.82) is 0 Å². The Morgan fingerprint density at radius 2 is 1.91 bits per heavy atom. The number of carbonyl (C=O) groups excluding carboxylic acids is 2. The summed E-state index contributed by atoms with van der Waals surface area (Å²) in [6.07, 6.45) is 14.0. The largest absolute Gasteiger partial charge is 0.431 e. The van der Waals surface area contributed by atoms with Gasteiger partial charge in [-0.3, -0.25) is 4.79 Å². The standard InChI is InChI=1S/C27H38O5/c1-2-3-8-15-22(28)17-18-24-23(25(29)20-26(24)30)16-11-5-4-6-12-19-32-27(31)21-13-9-7-10-14-21/h4,6-7,9-10,12-14,19,22-24,26,28,30H,2-3,5,8,11,15-18,20H2,1H3/b6-4+,19-12+/t22-,23+,24+,26+/m0/s1. The monoisotopic (exact) mass is 442 g/mol. The molecule has 0 spiro atoms. The Morgan fingerprint density at radius 1 is 1.12 bits per heavy atom. The van der Waals surface area contributed by atoms with Crippen LogP contribution in [0.2, 0.25) is 0 Å². The first-order valence-corrected chi connectivity index (χ1v) is 12.0. The maximum atomic E-state index is 12.3. The minimum atomic E-state index is -0.576. The zero-order valence-corrected chi connectivity index (χ0v) is 19.2. The lowest BCUT2D eigenvalue weighted by Crippen LogP contribution is -2.22. The van der Waals surface area contributed by atoms with Gasteiger partial charge in [0.2, 0.25) is 0 Å². The van der Waals surface area contributed by atoms with Gasteiger partial charge in [0.05, 0.1) is 24.0 Å². The summed E-state index contributed by atoms with van der Waals surface area (Å²) in [7, 11) is 0. The van der Waals surface area contributed by atoms with Crippen LogP contribution < -0.4 is 0 Å². The molecule has 1 aliphatic carbocycles. The van der Waals surface area contributed by atoms with Crippen molar-refractivity contribution in [1.82, 2.24) is 0 Å². The number of unbranched alkanes of at least 4 members (excludes halogenated alkanes) is 3. The molecule has 0 radical (unpaired) electrons. The minimum Gasteiger partial charge on any atom is -0.431 e. The molecule has 1 aliphatic rings. The van der Waals surface area contributed by atoms with Crippen LogP contribution in [0.25, 0.3) is 0 Å². The van der Waals surface area contributed by atoms with Crippen molar-refractivity contribution in [2.45, 2.75) is 83.3 Å². The highest BCUT2D eigenvalue weighted by Gasteiger charge is 2.40. The fourth-order valence-corrected chi connectivity index (χ4v) is 4.36. The molecule has 176 valence electrons. The summed E-state index contributed by atoms with van der Waals surface area (Å²) in [5, 5.41) is 20.5. The molecule has 5 heteroatoms. The third-order valence-corrected chi connectivity index (χ3v) is 6.21. The maximum absolute atomic E-state index is 12.3. The molecule has 1 aromatic carbocycles. The molecule has 1 saturated carbocycles. The summed E-state index contributed by atoms with van der Waals surface area (Å²) in [4.78, 5) is 24.1. The Morgan fingerprint density at radius 3 is 2.66 bits per heavy atom. The topological polar surface area (TPSA) is 83.8 Å². The van der Waals surface area contributed by atoms with Gasteiger partial charge >= 0.3 is 5.97 Å². The van der Waals surface area contributed by atoms with Crippen molar-refractivity contribution in [2.24, 2.45) is 11.8 Å². The summed E-state index contributed by atoms with van der Waals surface area (Å²) in [5.41, 5.74) is 0.507. The minimum absolute atomic E-state index is 0.0374. The van der Waals surface area contributed by atoms with Gasteiger partial charge in [-0.25, -0.2) is 4.79 Å². The number of aliphatic hydroxyl groups is 2. The quantitative estimate of drug-likeness (QED) is 0.175. The van der Waals surface area contributed by atoms with Gasteiger partial charge in [-0.2, -0.15) is 0 Å². The second kappa shape index (κ2) is 14.8. The number of ether oxygens (including phenoxy) is 1. The van der Waals surface area contributed by atoms with E-state index in [9.17, 15) is 19.8 Å². The molecule has 5 nitrogen and oxygen atoms in total. The first-order valence-electron chi connectivity index (χ1n) is 12.0. The lowest BCUT2D eigenvalue weighted by Gasteiger charge is -2.22. The smallest absolute Gasteiger partial charge is 0.342 e. The highest BCUT2D eigenvalue weighted by molar-refractivity contribution is 5.89. The van der Waals surface area contributed by atoms with Gasteiger partial charge in [0.1, 0.15) is 5.78 Å². The number of carbonyl (C=O) groups is 2. The summed E-state index contributed by atoms with van der Waals surface area (Å²) < 4.78 is 5.07. The molecule has 32 heavy (non-hydrogen) atoms. The Hall–Kier alpha value is -2.24. The first-order chi connectivity index (χ1) is 15.5. The third kappa shape index (κ3) is 9.09. The highest BCUT2D eigenvalue weighted by Crippen LogP contribution is 2.36. The van der Waals surface area contributed by atoms with Gasteiger partial charge in [-0.05, 0) is 62.7 Å². The molecule has 0 unspecified atom stereocenters. The van der Waals surface area contributed by atoms with Gasteiger partial charge in [0.15, 0.2) is 0 Å². The summed E-state index contributed by atoms with van der Waals surface area (Å²) in [5.74, 6) is -0.386. The van der Waals surface area contributed by atoms with Gasteiger partial charge in [0.25, 0.3) is 0 Å². The van der Waals surface area contributed by atoms with Gasteiger partial charge < -0.3 is 14.9 Å². The lowest BCUT2D eigenvalue weighted by molar-refractivity contribution is -0.121. The molecule has 0 aromatic heterocycles. The SMILES string of the molecule is CCCCC[C@H](O)CC[C@H]1[C@H](O)CC(=O)[C@@H]1CCC/C=C/C=C/OC(=O)c1ccccc1. The second-order valence-electron chi connectivity index (χ2n) is 8.69. The number of rotatable bonds is 14. The maximum Gasteiger partial charge on any atom is 0.342 e.